The van der Waals surface area contributed by atoms with E-state index in [0.717, 1.165) is 11.1 Å². The molecule has 130 valence electrons. The largest absolute Gasteiger partial charge is 0.524 e. The molecule has 0 saturated carbocycles. The Labute approximate surface area is 138 Å². The molecule has 0 aliphatic carbocycles. The van der Waals surface area contributed by atoms with Crippen LogP contribution in [0.2, 0.25) is 0 Å². The van der Waals surface area contributed by atoms with Crippen molar-refractivity contribution in [3.63, 3.8) is 0 Å². The number of ether oxygens (including phenoxy) is 2. The molecule has 1 aliphatic heterocycles. The van der Waals surface area contributed by atoms with Crippen molar-refractivity contribution in [2.24, 2.45) is 0 Å². The molecular weight excluding hydrogens is 324 g/mol. The first-order chi connectivity index (χ1) is 11.3. The van der Waals surface area contributed by atoms with Crippen molar-refractivity contribution in [1.29, 1.82) is 0 Å². The second-order valence-electron chi connectivity index (χ2n) is 5.48. The zero-order valence-electron chi connectivity index (χ0n) is 13.2. The van der Waals surface area contributed by atoms with E-state index < -0.39 is 18.5 Å². The van der Waals surface area contributed by atoms with Crippen LogP contribution in [0, 0.1) is 5.82 Å². The van der Waals surface area contributed by atoms with Crippen LogP contribution < -0.4 is 0 Å². The minimum Gasteiger partial charge on any atom is -0.347 e. The van der Waals surface area contributed by atoms with Crippen molar-refractivity contribution < 1.29 is 27.0 Å². The SMILES string of the molecule is C=C/C=C(C)\C=C/Cc1cc(F)c2c(c1)COC(OC(F)(F)F)C2. The molecule has 24 heavy (non-hydrogen) atoms. The zero-order valence-corrected chi connectivity index (χ0v) is 13.2. The van der Waals surface area contributed by atoms with Gasteiger partial charge < -0.3 is 4.74 Å². The predicted octanol–water partition coefficient (Wildman–Crippen LogP) is 4.99. The smallest absolute Gasteiger partial charge is 0.347 e. The Kier molecular flexibility index (Phi) is 5.96. The predicted molar refractivity (Wildman–Crippen MR) is 82.6 cm³/mol. The van der Waals surface area contributed by atoms with E-state index in [2.05, 4.69) is 11.3 Å². The molecule has 0 saturated heterocycles. The van der Waals surface area contributed by atoms with Gasteiger partial charge in [-0.2, -0.15) is 0 Å². The van der Waals surface area contributed by atoms with Crippen LogP contribution in [-0.2, 0) is 28.9 Å². The summed E-state index contributed by atoms with van der Waals surface area (Å²) in [6, 6.07) is 3.09. The molecule has 1 atom stereocenters. The van der Waals surface area contributed by atoms with Gasteiger partial charge in [-0.15, -0.1) is 13.2 Å². The number of benzene rings is 1. The van der Waals surface area contributed by atoms with Crippen molar-refractivity contribution in [3.05, 3.63) is 71.1 Å². The number of hydrogen-bond acceptors (Lipinski definition) is 2. The number of alkyl halides is 3. The summed E-state index contributed by atoms with van der Waals surface area (Å²) in [4.78, 5) is 0. The van der Waals surface area contributed by atoms with Crippen LogP contribution in [0.3, 0.4) is 0 Å². The lowest BCUT2D eigenvalue weighted by Gasteiger charge is -2.26. The van der Waals surface area contributed by atoms with Crippen LogP contribution in [0.5, 0.6) is 0 Å². The summed E-state index contributed by atoms with van der Waals surface area (Å²) in [5, 5.41) is 0. The molecule has 2 nitrogen and oxygen atoms in total. The summed E-state index contributed by atoms with van der Waals surface area (Å²) >= 11 is 0. The van der Waals surface area contributed by atoms with Crippen LogP contribution in [0.1, 0.15) is 23.6 Å². The second-order valence-corrected chi connectivity index (χ2v) is 5.48. The first-order valence-corrected chi connectivity index (χ1v) is 7.40. The molecular formula is C18H18F4O2. The van der Waals surface area contributed by atoms with Crippen LogP contribution in [0.4, 0.5) is 17.6 Å². The Morgan fingerprint density at radius 1 is 1.42 bits per heavy atom. The highest BCUT2D eigenvalue weighted by Crippen LogP contribution is 2.29. The number of fused-ring (bicyclic) bond motifs is 1. The summed E-state index contributed by atoms with van der Waals surface area (Å²) in [7, 11) is 0. The third-order valence-corrected chi connectivity index (χ3v) is 3.52. The molecule has 2 rings (SSSR count). The summed E-state index contributed by atoms with van der Waals surface area (Å²) in [6.07, 6.45) is 1.23. The topological polar surface area (TPSA) is 18.5 Å². The van der Waals surface area contributed by atoms with E-state index in [1.807, 2.05) is 25.2 Å². The van der Waals surface area contributed by atoms with Crippen molar-refractivity contribution >= 4 is 0 Å². The lowest BCUT2D eigenvalue weighted by Crippen LogP contribution is -2.31. The number of rotatable bonds is 5. The minimum atomic E-state index is -4.81. The molecule has 0 amide bonds. The molecule has 0 radical (unpaired) electrons. The highest BCUT2D eigenvalue weighted by atomic mass is 19.4. The molecule has 0 spiro atoms. The third kappa shape index (κ3) is 5.32. The van der Waals surface area contributed by atoms with E-state index >= 15 is 0 Å². The fourth-order valence-electron chi connectivity index (χ4n) is 2.49. The molecule has 6 heteroatoms. The molecule has 0 bridgehead atoms. The maximum absolute atomic E-state index is 14.2. The number of halogens is 4. The summed E-state index contributed by atoms with van der Waals surface area (Å²) < 4.78 is 59.7. The summed E-state index contributed by atoms with van der Waals surface area (Å²) in [6.45, 7) is 5.41. The summed E-state index contributed by atoms with van der Waals surface area (Å²) in [5.41, 5.74) is 2.51. The fourth-order valence-corrected chi connectivity index (χ4v) is 2.49. The standard InChI is InChI=1S/C18H18F4O2/c1-3-5-12(2)6-4-7-13-8-14-11-23-17(24-18(20,21)22)10-15(14)16(19)9-13/h3-6,8-9,17H,1,7,10-11H2,2H3/b6-4-,12-5-. The van der Waals surface area contributed by atoms with Crippen molar-refractivity contribution in [1.82, 2.24) is 0 Å². The molecule has 0 aromatic heterocycles. The van der Waals surface area contributed by atoms with Gasteiger partial charge >= 0.3 is 6.36 Å². The number of hydrogen-bond donors (Lipinski definition) is 0. The highest BCUT2D eigenvalue weighted by molar-refractivity contribution is 5.36. The highest BCUT2D eigenvalue weighted by Gasteiger charge is 2.36. The fraction of sp³-hybridized carbons (Fsp3) is 0.333. The van der Waals surface area contributed by atoms with Gasteiger partial charge in [-0.05, 0) is 36.1 Å². The van der Waals surface area contributed by atoms with Gasteiger partial charge in [-0.1, -0.05) is 42.5 Å². The van der Waals surface area contributed by atoms with E-state index in [1.165, 1.54) is 6.07 Å². The Hall–Kier alpha value is -1.92. The Morgan fingerprint density at radius 3 is 2.83 bits per heavy atom. The van der Waals surface area contributed by atoms with Crippen LogP contribution in [0.25, 0.3) is 0 Å². The molecule has 1 unspecified atom stereocenters. The van der Waals surface area contributed by atoms with E-state index in [9.17, 15) is 17.6 Å². The molecule has 1 aliphatic rings. The Morgan fingerprint density at radius 2 is 2.17 bits per heavy atom. The average Bonchev–Trinajstić information content (AvgIpc) is 2.47. The second kappa shape index (κ2) is 7.77. The monoisotopic (exact) mass is 342 g/mol. The van der Waals surface area contributed by atoms with Crippen LogP contribution in [0.15, 0.2) is 48.6 Å². The lowest BCUT2D eigenvalue weighted by atomic mass is 9.97. The van der Waals surface area contributed by atoms with Gasteiger partial charge in [0.05, 0.1) is 6.61 Å². The van der Waals surface area contributed by atoms with E-state index in [1.54, 1.807) is 12.1 Å². The van der Waals surface area contributed by atoms with Gasteiger partial charge in [-0.25, -0.2) is 4.39 Å². The first kappa shape index (κ1) is 18.4. The van der Waals surface area contributed by atoms with Gasteiger partial charge in [0.2, 0.25) is 0 Å². The van der Waals surface area contributed by atoms with Crippen molar-refractivity contribution in [3.8, 4) is 0 Å². The Bertz CT molecular complexity index is 660. The van der Waals surface area contributed by atoms with E-state index in [4.69, 9.17) is 4.74 Å². The average molecular weight is 342 g/mol. The van der Waals surface area contributed by atoms with Crippen molar-refractivity contribution in [2.75, 3.05) is 0 Å². The quantitative estimate of drug-likeness (QED) is 0.554. The van der Waals surface area contributed by atoms with E-state index in [-0.39, 0.29) is 18.6 Å². The maximum atomic E-state index is 14.2. The Balaban J connectivity index is 2.09. The maximum Gasteiger partial charge on any atom is 0.524 e. The molecule has 1 aromatic rings. The lowest BCUT2D eigenvalue weighted by molar-refractivity contribution is -0.381. The number of allylic oxidation sites excluding steroid dienone is 5. The van der Waals surface area contributed by atoms with Gasteiger partial charge in [0.15, 0.2) is 6.29 Å². The first-order valence-electron chi connectivity index (χ1n) is 7.40. The third-order valence-electron chi connectivity index (χ3n) is 3.52. The normalized spacial score (nSPS) is 18.7. The van der Waals surface area contributed by atoms with Crippen molar-refractivity contribution in [2.45, 2.75) is 39.0 Å². The van der Waals surface area contributed by atoms with E-state index in [0.29, 0.717) is 12.0 Å². The van der Waals surface area contributed by atoms with Gasteiger partial charge in [-0.3, -0.25) is 4.74 Å². The summed E-state index contributed by atoms with van der Waals surface area (Å²) in [5.74, 6) is -0.534. The van der Waals surface area contributed by atoms with Crippen LogP contribution in [-0.4, -0.2) is 12.7 Å². The van der Waals surface area contributed by atoms with Gasteiger partial charge in [0, 0.05) is 6.42 Å². The molecule has 1 aromatic carbocycles. The zero-order chi connectivity index (χ0) is 17.7. The molecule has 0 N–H and O–H groups in total. The minimum absolute atomic E-state index is 0.111. The molecule has 0 fully saturated rings. The van der Waals surface area contributed by atoms with Crippen LogP contribution >= 0.6 is 0 Å². The van der Waals surface area contributed by atoms with Gasteiger partial charge in [0.25, 0.3) is 0 Å². The van der Waals surface area contributed by atoms with Gasteiger partial charge in [0.1, 0.15) is 5.82 Å². The molecule has 1 heterocycles.